The van der Waals surface area contributed by atoms with Gasteiger partial charge in [0.15, 0.2) is 0 Å². The van der Waals surface area contributed by atoms with Crippen molar-refractivity contribution in [3.63, 3.8) is 0 Å². The normalized spacial score (nSPS) is 11.6. The van der Waals surface area contributed by atoms with Crippen molar-refractivity contribution in [1.82, 2.24) is 15.5 Å². The van der Waals surface area contributed by atoms with Gasteiger partial charge in [-0.3, -0.25) is 10.1 Å². The molecule has 31 heavy (non-hydrogen) atoms. The molecular formula is C22H25N5O3S. The number of rotatable bonds is 8. The molecule has 9 heteroatoms. The van der Waals surface area contributed by atoms with Crippen LogP contribution in [0.5, 0.6) is 0 Å². The molecule has 3 rings (SSSR count). The van der Waals surface area contributed by atoms with Crippen molar-refractivity contribution in [2.45, 2.75) is 31.2 Å². The molecule has 0 aliphatic carbocycles. The average Bonchev–Trinajstić information content (AvgIpc) is 3.24. The number of anilines is 2. The van der Waals surface area contributed by atoms with Crippen LogP contribution in [0.15, 0.2) is 64.2 Å². The monoisotopic (exact) mass is 439 g/mol. The topological polar surface area (TPSA) is 100 Å². The van der Waals surface area contributed by atoms with E-state index in [1.54, 1.807) is 31.2 Å². The van der Waals surface area contributed by atoms with Crippen molar-refractivity contribution in [2.24, 2.45) is 0 Å². The Kier molecular flexibility index (Phi) is 7.66. The molecule has 8 nitrogen and oxygen atoms in total. The zero-order valence-corrected chi connectivity index (χ0v) is 18.5. The van der Waals surface area contributed by atoms with E-state index in [1.807, 2.05) is 30.3 Å². The summed E-state index contributed by atoms with van der Waals surface area (Å²) < 4.78 is 5.69. The maximum absolute atomic E-state index is 12.3. The van der Waals surface area contributed by atoms with Crippen molar-refractivity contribution >= 4 is 35.1 Å². The number of thioether (sulfide) groups is 1. The van der Waals surface area contributed by atoms with Crippen molar-refractivity contribution in [2.75, 3.05) is 23.3 Å². The van der Waals surface area contributed by atoms with Gasteiger partial charge in [0, 0.05) is 30.0 Å². The number of hydrogen-bond donors (Lipinski definition) is 2. The molecule has 0 bridgehead atoms. The largest absolute Gasteiger partial charge is 0.411 e. The summed E-state index contributed by atoms with van der Waals surface area (Å²) in [6, 6.07) is 16.2. The third kappa shape index (κ3) is 6.08. The molecule has 3 aromatic rings. The Bertz CT molecular complexity index is 1000. The van der Waals surface area contributed by atoms with E-state index < -0.39 is 17.2 Å². The van der Waals surface area contributed by atoms with Crippen LogP contribution in [0.25, 0.3) is 11.5 Å². The number of hydrogen-bond acceptors (Lipinski definition) is 7. The first-order valence-electron chi connectivity index (χ1n) is 10.0. The highest BCUT2D eigenvalue weighted by atomic mass is 32.2. The van der Waals surface area contributed by atoms with Gasteiger partial charge in [0.2, 0.25) is 11.8 Å². The highest BCUT2D eigenvalue weighted by molar-refractivity contribution is 8.00. The van der Waals surface area contributed by atoms with Gasteiger partial charge < -0.3 is 14.6 Å². The number of benzene rings is 2. The molecule has 1 unspecified atom stereocenters. The summed E-state index contributed by atoms with van der Waals surface area (Å²) in [5.41, 5.74) is 2.53. The van der Waals surface area contributed by atoms with Crippen molar-refractivity contribution < 1.29 is 14.0 Å². The molecule has 0 aliphatic heterocycles. The fraction of sp³-hybridized carbons (Fsp3) is 0.273. The Hall–Kier alpha value is -3.33. The number of urea groups is 1. The van der Waals surface area contributed by atoms with E-state index in [0.29, 0.717) is 11.6 Å². The van der Waals surface area contributed by atoms with Crippen molar-refractivity contribution in [1.29, 1.82) is 0 Å². The number of aromatic nitrogens is 2. The van der Waals surface area contributed by atoms with Crippen LogP contribution in [0.2, 0.25) is 0 Å². The van der Waals surface area contributed by atoms with Crippen LogP contribution in [0.1, 0.15) is 20.8 Å². The zero-order valence-electron chi connectivity index (χ0n) is 17.7. The molecule has 2 aromatic carbocycles. The third-order valence-electron chi connectivity index (χ3n) is 4.56. The molecule has 3 amide bonds. The molecular weight excluding hydrogens is 414 g/mol. The first-order valence-corrected chi connectivity index (χ1v) is 10.9. The maximum atomic E-state index is 12.3. The van der Waals surface area contributed by atoms with E-state index in [9.17, 15) is 9.59 Å². The van der Waals surface area contributed by atoms with Gasteiger partial charge >= 0.3 is 6.03 Å². The van der Waals surface area contributed by atoms with E-state index in [1.165, 1.54) is 0 Å². The molecule has 0 aliphatic rings. The highest BCUT2D eigenvalue weighted by Gasteiger charge is 2.20. The van der Waals surface area contributed by atoms with Crippen LogP contribution in [-0.4, -0.2) is 40.5 Å². The van der Waals surface area contributed by atoms with Gasteiger partial charge in [0.05, 0.1) is 5.25 Å². The minimum absolute atomic E-state index is 0.258. The van der Waals surface area contributed by atoms with Gasteiger partial charge in [0.1, 0.15) is 0 Å². The van der Waals surface area contributed by atoms with Gasteiger partial charge in [-0.05, 0) is 57.2 Å². The summed E-state index contributed by atoms with van der Waals surface area (Å²) >= 11 is 1.09. The quantitative estimate of drug-likeness (QED) is 0.501. The molecule has 1 atom stereocenters. The summed E-state index contributed by atoms with van der Waals surface area (Å²) in [7, 11) is 0. The van der Waals surface area contributed by atoms with Gasteiger partial charge in [-0.15, -0.1) is 10.2 Å². The SMILES string of the molecule is CCN(CC)c1ccc(-c2nnc(SC(C)C(=O)NC(=O)Nc3ccccc3)o2)cc1. The lowest BCUT2D eigenvalue weighted by atomic mass is 10.2. The smallest absolute Gasteiger partial charge is 0.325 e. The number of para-hydroxylation sites is 1. The van der Waals surface area contributed by atoms with E-state index in [0.717, 1.165) is 36.1 Å². The molecule has 0 fully saturated rings. The van der Waals surface area contributed by atoms with Crippen molar-refractivity contribution in [3.05, 3.63) is 54.6 Å². The number of carbonyl (C=O) groups is 2. The number of imide groups is 1. The van der Waals surface area contributed by atoms with Gasteiger partial charge in [-0.1, -0.05) is 30.0 Å². The number of carbonyl (C=O) groups excluding carboxylic acids is 2. The Labute approximate surface area is 185 Å². The highest BCUT2D eigenvalue weighted by Crippen LogP contribution is 2.27. The fourth-order valence-electron chi connectivity index (χ4n) is 2.88. The zero-order chi connectivity index (χ0) is 22.2. The van der Waals surface area contributed by atoms with Crippen LogP contribution in [0.4, 0.5) is 16.2 Å². The Balaban J connectivity index is 1.56. The number of amides is 3. The average molecular weight is 440 g/mol. The van der Waals surface area contributed by atoms with E-state index >= 15 is 0 Å². The summed E-state index contributed by atoms with van der Waals surface area (Å²) in [6.45, 7) is 7.75. The van der Waals surface area contributed by atoms with E-state index in [4.69, 9.17) is 4.42 Å². The van der Waals surface area contributed by atoms with Crippen LogP contribution in [0.3, 0.4) is 0 Å². The predicted molar refractivity (Wildman–Crippen MR) is 122 cm³/mol. The Morgan fingerprint density at radius 3 is 2.35 bits per heavy atom. The van der Waals surface area contributed by atoms with Crippen LogP contribution in [-0.2, 0) is 4.79 Å². The minimum Gasteiger partial charge on any atom is -0.411 e. The molecule has 0 saturated heterocycles. The minimum atomic E-state index is -0.597. The molecule has 0 radical (unpaired) electrons. The summed E-state index contributed by atoms with van der Waals surface area (Å²) in [4.78, 5) is 26.5. The third-order valence-corrected chi connectivity index (χ3v) is 5.50. The van der Waals surface area contributed by atoms with Crippen LogP contribution in [0, 0.1) is 0 Å². The molecule has 1 aromatic heterocycles. The first kappa shape index (κ1) is 22.4. The second kappa shape index (κ2) is 10.6. The summed E-state index contributed by atoms with van der Waals surface area (Å²) in [6.07, 6.45) is 0. The van der Waals surface area contributed by atoms with Gasteiger partial charge in [-0.2, -0.15) is 0 Å². The molecule has 2 N–H and O–H groups in total. The maximum Gasteiger partial charge on any atom is 0.325 e. The van der Waals surface area contributed by atoms with E-state index in [-0.39, 0.29) is 5.22 Å². The number of nitrogens with one attached hydrogen (secondary N) is 2. The second-order valence-corrected chi connectivity index (χ2v) is 7.95. The van der Waals surface area contributed by atoms with Crippen molar-refractivity contribution in [3.8, 4) is 11.5 Å². The summed E-state index contributed by atoms with van der Waals surface area (Å²) in [5.74, 6) is -0.0789. The molecule has 1 heterocycles. The lowest BCUT2D eigenvalue weighted by Crippen LogP contribution is -2.38. The van der Waals surface area contributed by atoms with E-state index in [2.05, 4.69) is 39.6 Å². The fourth-order valence-corrected chi connectivity index (χ4v) is 3.56. The Morgan fingerprint density at radius 2 is 1.71 bits per heavy atom. The molecule has 0 spiro atoms. The van der Waals surface area contributed by atoms with Crippen LogP contribution < -0.4 is 15.5 Å². The first-order chi connectivity index (χ1) is 15.0. The predicted octanol–water partition coefficient (Wildman–Crippen LogP) is 4.41. The van der Waals surface area contributed by atoms with Crippen LogP contribution >= 0.6 is 11.8 Å². The standard InChI is InChI=1S/C22H25N5O3S/c1-4-27(5-2)18-13-11-16(12-14-18)20-25-26-22(30-20)31-15(3)19(28)24-21(29)23-17-9-7-6-8-10-17/h6-15H,4-5H2,1-3H3,(H2,23,24,28,29). The lowest BCUT2D eigenvalue weighted by molar-refractivity contribution is -0.119. The molecule has 162 valence electrons. The summed E-state index contributed by atoms with van der Waals surface area (Å²) in [5, 5.41) is 12.6. The van der Waals surface area contributed by atoms with Gasteiger partial charge in [0.25, 0.3) is 5.22 Å². The second-order valence-electron chi connectivity index (χ2n) is 6.66. The Morgan fingerprint density at radius 1 is 1.03 bits per heavy atom. The van der Waals surface area contributed by atoms with Gasteiger partial charge in [-0.25, -0.2) is 4.79 Å². The number of nitrogens with zero attached hydrogens (tertiary/aromatic N) is 3. The molecule has 0 saturated carbocycles. The lowest BCUT2D eigenvalue weighted by Gasteiger charge is -2.20.